The zero-order chi connectivity index (χ0) is 11.8. The van der Waals surface area contributed by atoms with Crippen LogP contribution < -0.4 is 0 Å². The second kappa shape index (κ2) is 7.28. The summed E-state index contributed by atoms with van der Waals surface area (Å²) in [7, 11) is -10.1. The normalized spacial score (nSPS) is 11.5. The van der Waals surface area contributed by atoms with Crippen molar-refractivity contribution < 1.29 is 38.1 Å². The van der Waals surface area contributed by atoms with Crippen LogP contribution in [0.25, 0.3) is 0 Å². The van der Waals surface area contributed by atoms with Gasteiger partial charge in [-0.15, -0.1) is 6.58 Å². The van der Waals surface area contributed by atoms with Gasteiger partial charge in [-0.25, -0.2) is 9.13 Å². The first-order chi connectivity index (χ1) is 6.12. The molecule has 0 saturated carbocycles. The molecule has 0 spiro atoms. The van der Waals surface area contributed by atoms with E-state index in [1.807, 2.05) is 0 Å². The zero-order valence-corrected chi connectivity index (χ0v) is 8.84. The van der Waals surface area contributed by atoms with Crippen molar-refractivity contribution in [1.82, 2.24) is 0 Å². The van der Waals surface area contributed by atoms with E-state index in [2.05, 4.69) is 10.9 Å². The molecule has 86 valence electrons. The van der Waals surface area contributed by atoms with E-state index >= 15 is 0 Å². The number of hydrogen-bond acceptors (Lipinski definition) is 4. The van der Waals surface area contributed by atoms with Gasteiger partial charge < -0.3 is 24.7 Å². The number of hydrogen-bond donors (Lipinski definition) is 5. The second-order valence-corrected chi connectivity index (χ2v) is 4.48. The van der Waals surface area contributed by atoms with Crippen LogP contribution in [0.2, 0.25) is 0 Å². The molecule has 5 N–H and O–H groups in total. The molecule has 8 nitrogen and oxygen atoms in total. The summed E-state index contributed by atoms with van der Waals surface area (Å²) < 4.78 is 22.2. The van der Waals surface area contributed by atoms with Gasteiger partial charge in [0.05, 0.1) is 0 Å². The lowest BCUT2D eigenvalue weighted by Gasteiger charge is -2.03. The van der Waals surface area contributed by atoms with Crippen LogP contribution in [-0.4, -0.2) is 31.3 Å². The highest BCUT2D eigenvalue weighted by atomic mass is 31.3. The third-order valence-electron chi connectivity index (χ3n) is 0.546. The lowest BCUT2D eigenvalue weighted by molar-refractivity contribution is 0.225. The van der Waals surface area contributed by atoms with Crippen LogP contribution in [0.5, 0.6) is 0 Å². The van der Waals surface area contributed by atoms with Crippen LogP contribution in [0.4, 0.5) is 0 Å². The Kier molecular flexibility index (Phi) is 8.52. The minimum absolute atomic E-state index is 0.226. The lowest BCUT2D eigenvalue weighted by Crippen LogP contribution is -1.84. The van der Waals surface area contributed by atoms with E-state index in [9.17, 15) is 9.13 Å². The highest BCUT2D eigenvalue weighted by Crippen LogP contribution is 2.53. The minimum Gasteiger partial charge on any atom is -0.396 e. The van der Waals surface area contributed by atoms with Gasteiger partial charge in [0.2, 0.25) is 0 Å². The van der Waals surface area contributed by atoms with E-state index in [1.165, 1.54) is 0 Å². The van der Waals surface area contributed by atoms with Gasteiger partial charge in [0.15, 0.2) is 0 Å². The molecule has 0 radical (unpaired) electrons. The maximum absolute atomic E-state index is 9.63. The first-order valence-electron chi connectivity index (χ1n) is 3.16. The first-order valence-corrected chi connectivity index (χ1v) is 6.22. The molecule has 0 aliphatic carbocycles. The topological polar surface area (TPSA) is 145 Å². The molecule has 0 saturated heterocycles. The van der Waals surface area contributed by atoms with Crippen molar-refractivity contribution in [2.24, 2.45) is 0 Å². The molecule has 0 atom stereocenters. The first kappa shape index (κ1) is 16.4. The summed E-state index contributed by atoms with van der Waals surface area (Å²) in [6, 6.07) is 0. The summed E-state index contributed by atoms with van der Waals surface area (Å²) in [4.78, 5) is 31.0. The number of aliphatic hydroxyl groups is 1. The van der Waals surface area contributed by atoms with E-state index in [4.69, 9.17) is 24.7 Å². The van der Waals surface area contributed by atoms with Crippen LogP contribution in [0.1, 0.15) is 6.42 Å². The standard InChI is InChI=1S/C4H8O.H4O7P2/c1-2-3-4-5;1-8(2,3)7-9(4,5)6/h2,5H,1,3-4H2;(H2,1,2,3)(H2,4,5,6). The average molecular weight is 250 g/mol. The number of phosphoric acid groups is 2. The average Bonchev–Trinajstić information content (AvgIpc) is 1.81. The highest BCUT2D eigenvalue weighted by Gasteiger charge is 2.27. The van der Waals surface area contributed by atoms with Crippen LogP contribution in [0.3, 0.4) is 0 Å². The fourth-order valence-electron chi connectivity index (χ4n) is 0.230. The van der Waals surface area contributed by atoms with Crippen molar-refractivity contribution in [3.63, 3.8) is 0 Å². The molecule has 0 aromatic rings. The van der Waals surface area contributed by atoms with Gasteiger partial charge in [0, 0.05) is 6.61 Å². The van der Waals surface area contributed by atoms with Gasteiger partial charge in [-0.05, 0) is 6.42 Å². The maximum Gasteiger partial charge on any atom is 0.478 e. The molecule has 0 aromatic heterocycles. The molecule has 0 amide bonds. The fourth-order valence-corrected chi connectivity index (χ4v) is 1.34. The van der Waals surface area contributed by atoms with Crippen molar-refractivity contribution in [3.05, 3.63) is 12.7 Å². The third-order valence-corrected chi connectivity index (χ3v) is 2.25. The van der Waals surface area contributed by atoms with E-state index in [0.717, 1.165) is 0 Å². The van der Waals surface area contributed by atoms with E-state index in [-0.39, 0.29) is 6.61 Å². The van der Waals surface area contributed by atoms with Crippen molar-refractivity contribution >= 4 is 15.6 Å². The van der Waals surface area contributed by atoms with Crippen molar-refractivity contribution in [2.75, 3.05) is 6.61 Å². The largest absolute Gasteiger partial charge is 0.478 e. The fraction of sp³-hybridized carbons (Fsp3) is 0.500. The summed E-state index contributed by atoms with van der Waals surface area (Å²) in [5.41, 5.74) is 0. The molecule has 10 heteroatoms. The Balaban J connectivity index is 0. The van der Waals surface area contributed by atoms with Crippen LogP contribution in [0.15, 0.2) is 12.7 Å². The van der Waals surface area contributed by atoms with Crippen molar-refractivity contribution in [3.8, 4) is 0 Å². The molecule has 0 aromatic carbocycles. The van der Waals surface area contributed by atoms with Gasteiger partial charge in [-0.2, -0.15) is 4.31 Å². The molecule has 0 fully saturated rings. The third kappa shape index (κ3) is 22.7. The van der Waals surface area contributed by atoms with Crippen LogP contribution in [0, 0.1) is 0 Å². The molecule has 0 heterocycles. The minimum atomic E-state index is -5.05. The highest BCUT2D eigenvalue weighted by molar-refractivity contribution is 7.60. The van der Waals surface area contributed by atoms with Crippen molar-refractivity contribution in [1.29, 1.82) is 0 Å². The van der Waals surface area contributed by atoms with E-state index in [0.29, 0.717) is 6.42 Å². The molecule has 0 unspecified atom stereocenters. The summed E-state index contributed by atoms with van der Waals surface area (Å²) in [6.07, 6.45) is 2.39. The van der Waals surface area contributed by atoms with E-state index < -0.39 is 15.6 Å². The SMILES string of the molecule is C=CCCO.O=P(O)(O)OP(=O)(O)O. The molecule has 0 bridgehead atoms. The van der Waals surface area contributed by atoms with Crippen LogP contribution in [-0.2, 0) is 13.4 Å². The number of aliphatic hydroxyl groups excluding tert-OH is 1. The molecular weight excluding hydrogens is 238 g/mol. The smallest absolute Gasteiger partial charge is 0.396 e. The molecule has 0 aliphatic heterocycles. The Morgan fingerprint density at radius 1 is 1.14 bits per heavy atom. The predicted octanol–water partition coefficient (Wildman–Crippen LogP) is -0.257. The summed E-state index contributed by atoms with van der Waals surface area (Å²) in [5, 5.41) is 8.00. The Labute approximate surface area is 80.3 Å². The van der Waals surface area contributed by atoms with Gasteiger partial charge >= 0.3 is 15.6 Å². The summed E-state index contributed by atoms with van der Waals surface area (Å²) in [6.45, 7) is 3.62. The maximum atomic E-state index is 9.63. The summed E-state index contributed by atoms with van der Waals surface area (Å²) >= 11 is 0. The monoisotopic (exact) mass is 250 g/mol. The van der Waals surface area contributed by atoms with Crippen molar-refractivity contribution in [2.45, 2.75) is 6.42 Å². The Hall–Kier alpha value is -0.0400. The second-order valence-electron chi connectivity index (χ2n) is 1.86. The zero-order valence-electron chi connectivity index (χ0n) is 7.05. The summed E-state index contributed by atoms with van der Waals surface area (Å²) in [5.74, 6) is 0. The van der Waals surface area contributed by atoms with Gasteiger partial charge in [-0.3, -0.25) is 0 Å². The molecular formula is C4H12O8P2. The molecule has 0 aliphatic rings. The van der Waals surface area contributed by atoms with Gasteiger partial charge in [-0.1, -0.05) is 6.08 Å². The Bertz CT molecular complexity index is 218. The van der Waals surface area contributed by atoms with E-state index in [1.54, 1.807) is 6.08 Å². The number of rotatable bonds is 4. The molecule has 14 heavy (non-hydrogen) atoms. The predicted molar refractivity (Wildman–Crippen MR) is 47.1 cm³/mol. The Morgan fingerprint density at radius 3 is 1.50 bits per heavy atom. The van der Waals surface area contributed by atoms with Crippen LogP contribution >= 0.6 is 15.6 Å². The van der Waals surface area contributed by atoms with Gasteiger partial charge in [0.1, 0.15) is 0 Å². The van der Waals surface area contributed by atoms with Gasteiger partial charge in [0.25, 0.3) is 0 Å². The Morgan fingerprint density at radius 2 is 1.50 bits per heavy atom. The quantitative estimate of drug-likeness (QED) is 0.339. The lowest BCUT2D eigenvalue weighted by atomic mass is 10.5. The molecule has 0 rings (SSSR count).